The number of nitrogens with zero attached hydrogens (tertiary/aromatic N) is 3. The maximum Gasteiger partial charge on any atom is 0.431 e. The standard InChI is InChI=1S/C23H18F3N3O6/c1-12-4-6-16(34-11-20(31)33-3)14(8-12)21-15-9-13(5-7-17(15)35-27-21)29-19(30)10-18(23(24,25)26)28(2)22(29)32/h4-10H,11H2,1-3H3. The van der Waals surface area contributed by atoms with Gasteiger partial charge in [0.05, 0.1) is 18.2 Å². The number of carbonyl (C=O) groups excluding carboxylic acids is 1. The highest BCUT2D eigenvalue weighted by molar-refractivity contribution is 5.94. The van der Waals surface area contributed by atoms with Gasteiger partial charge in [0.25, 0.3) is 5.56 Å². The monoisotopic (exact) mass is 489 g/mol. The molecule has 2 heterocycles. The zero-order chi connectivity index (χ0) is 25.5. The van der Waals surface area contributed by atoms with Crippen molar-refractivity contribution in [2.24, 2.45) is 7.05 Å². The average molecular weight is 489 g/mol. The number of hydrogen-bond donors (Lipinski definition) is 0. The van der Waals surface area contributed by atoms with E-state index in [2.05, 4.69) is 9.89 Å². The molecule has 4 rings (SSSR count). The second-order valence-corrected chi connectivity index (χ2v) is 7.62. The number of halogens is 3. The number of ether oxygens (including phenoxy) is 2. The van der Waals surface area contributed by atoms with Crippen molar-refractivity contribution in [1.82, 2.24) is 14.3 Å². The minimum Gasteiger partial charge on any atom is -0.481 e. The lowest BCUT2D eigenvalue weighted by molar-refractivity contribution is -0.144. The average Bonchev–Trinajstić information content (AvgIpc) is 3.23. The molecular formula is C23H18F3N3O6. The van der Waals surface area contributed by atoms with Gasteiger partial charge < -0.3 is 14.0 Å². The Labute approximate surface area is 194 Å². The predicted molar refractivity (Wildman–Crippen MR) is 118 cm³/mol. The van der Waals surface area contributed by atoms with E-state index in [0.29, 0.717) is 37.5 Å². The van der Waals surface area contributed by atoms with E-state index in [1.165, 1.54) is 25.3 Å². The Balaban J connectivity index is 1.88. The van der Waals surface area contributed by atoms with Gasteiger partial charge in [0.1, 0.15) is 17.1 Å². The van der Waals surface area contributed by atoms with Gasteiger partial charge in [-0.1, -0.05) is 16.8 Å². The maximum absolute atomic E-state index is 13.2. The second-order valence-electron chi connectivity index (χ2n) is 7.62. The van der Waals surface area contributed by atoms with Gasteiger partial charge in [-0.05, 0) is 37.3 Å². The van der Waals surface area contributed by atoms with E-state index in [1.807, 2.05) is 6.92 Å². The molecule has 0 amide bonds. The summed E-state index contributed by atoms with van der Waals surface area (Å²) in [5.41, 5.74) is -1.78. The molecule has 9 nitrogen and oxygen atoms in total. The van der Waals surface area contributed by atoms with Gasteiger partial charge in [-0.2, -0.15) is 13.2 Å². The number of esters is 1. The highest BCUT2D eigenvalue weighted by Gasteiger charge is 2.35. The molecular weight excluding hydrogens is 471 g/mol. The van der Waals surface area contributed by atoms with Crippen LogP contribution in [0.1, 0.15) is 11.3 Å². The van der Waals surface area contributed by atoms with Crippen molar-refractivity contribution in [3.8, 4) is 22.7 Å². The van der Waals surface area contributed by atoms with Gasteiger partial charge in [-0.15, -0.1) is 0 Å². The van der Waals surface area contributed by atoms with Crippen LogP contribution in [0.4, 0.5) is 13.2 Å². The summed E-state index contributed by atoms with van der Waals surface area (Å²) in [5, 5.41) is 4.43. The summed E-state index contributed by atoms with van der Waals surface area (Å²) in [5.74, 6) is -0.300. The van der Waals surface area contributed by atoms with Crippen molar-refractivity contribution in [2.75, 3.05) is 13.7 Å². The van der Waals surface area contributed by atoms with Crippen molar-refractivity contribution in [1.29, 1.82) is 0 Å². The molecule has 12 heteroatoms. The zero-order valence-corrected chi connectivity index (χ0v) is 18.7. The van der Waals surface area contributed by atoms with Crippen molar-refractivity contribution in [3.63, 3.8) is 0 Å². The molecule has 2 aromatic carbocycles. The summed E-state index contributed by atoms with van der Waals surface area (Å²) in [4.78, 5) is 36.7. The van der Waals surface area contributed by atoms with Gasteiger partial charge in [-0.25, -0.2) is 14.2 Å². The number of fused-ring (bicyclic) bond motifs is 1. The SMILES string of the molecule is COC(=O)COc1ccc(C)cc1-c1noc2ccc(-n3c(=O)cc(C(F)(F)F)n(C)c3=O)cc12. The molecule has 0 fully saturated rings. The molecule has 0 unspecified atom stereocenters. The van der Waals surface area contributed by atoms with E-state index in [1.54, 1.807) is 18.2 Å². The number of aromatic nitrogens is 3. The summed E-state index contributed by atoms with van der Waals surface area (Å²) in [6, 6.07) is 9.69. The predicted octanol–water partition coefficient (Wildman–Crippen LogP) is 3.22. The smallest absolute Gasteiger partial charge is 0.431 e. The van der Waals surface area contributed by atoms with E-state index in [-0.39, 0.29) is 18.0 Å². The van der Waals surface area contributed by atoms with Crippen LogP contribution in [0.2, 0.25) is 0 Å². The number of carbonyl (C=O) groups is 1. The van der Waals surface area contributed by atoms with Gasteiger partial charge in [0, 0.05) is 18.7 Å². The Morgan fingerprint density at radius 2 is 1.86 bits per heavy atom. The molecule has 4 aromatic rings. The Morgan fingerprint density at radius 3 is 2.54 bits per heavy atom. The number of rotatable bonds is 5. The third-order valence-corrected chi connectivity index (χ3v) is 5.29. The Morgan fingerprint density at radius 1 is 1.11 bits per heavy atom. The van der Waals surface area contributed by atoms with Crippen molar-refractivity contribution in [3.05, 3.63) is 74.6 Å². The number of methoxy groups -OCH3 is 1. The lowest BCUT2D eigenvalue weighted by atomic mass is 10.0. The van der Waals surface area contributed by atoms with Crippen LogP contribution in [0.3, 0.4) is 0 Å². The first kappa shape index (κ1) is 23.8. The van der Waals surface area contributed by atoms with Crippen LogP contribution in [0.25, 0.3) is 27.9 Å². The van der Waals surface area contributed by atoms with E-state index < -0.39 is 29.1 Å². The fourth-order valence-electron chi connectivity index (χ4n) is 3.55. The van der Waals surface area contributed by atoms with Crippen LogP contribution in [-0.4, -0.2) is 34.0 Å². The summed E-state index contributed by atoms with van der Waals surface area (Å²) < 4.78 is 56.1. The van der Waals surface area contributed by atoms with Gasteiger partial charge in [0.15, 0.2) is 12.2 Å². The molecule has 0 bridgehead atoms. The highest BCUT2D eigenvalue weighted by atomic mass is 19.4. The molecule has 0 N–H and O–H groups in total. The third-order valence-electron chi connectivity index (χ3n) is 5.29. The molecule has 0 aliphatic heterocycles. The lowest BCUT2D eigenvalue weighted by Crippen LogP contribution is -2.40. The lowest BCUT2D eigenvalue weighted by Gasteiger charge is -2.14. The van der Waals surface area contributed by atoms with Gasteiger partial charge in [-0.3, -0.25) is 9.36 Å². The number of hydrogen-bond acceptors (Lipinski definition) is 7. The Bertz CT molecular complexity index is 1570. The molecule has 0 saturated heterocycles. The van der Waals surface area contributed by atoms with Gasteiger partial charge >= 0.3 is 17.8 Å². The number of aryl methyl sites for hydroxylation is 1. The Kier molecular flexibility index (Phi) is 5.97. The zero-order valence-electron chi connectivity index (χ0n) is 18.7. The first-order valence-corrected chi connectivity index (χ1v) is 10.1. The Hall–Kier alpha value is -4.35. The van der Waals surface area contributed by atoms with Crippen LogP contribution >= 0.6 is 0 Å². The van der Waals surface area contributed by atoms with Crippen LogP contribution in [0.15, 0.2) is 56.6 Å². The van der Waals surface area contributed by atoms with Crippen LogP contribution in [0, 0.1) is 6.92 Å². The normalized spacial score (nSPS) is 11.6. The van der Waals surface area contributed by atoms with Crippen LogP contribution < -0.4 is 16.0 Å². The molecule has 0 aliphatic rings. The van der Waals surface area contributed by atoms with E-state index in [9.17, 15) is 27.6 Å². The first-order chi connectivity index (χ1) is 16.5. The van der Waals surface area contributed by atoms with E-state index in [0.717, 1.165) is 12.6 Å². The molecule has 0 atom stereocenters. The molecule has 182 valence electrons. The first-order valence-electron chi connectivity index (χ1n) is 10.1. The molecule has 0 spiro atoms. The summed E-state index contributed by atoms with van der Waals surface area (Å²) in [6.45, 7) is 1.47. The van der Waals surface area contributed by atoms with E-state index >= 15 is 0 Å². The summed E-state index contributed by atoms with van der Waals surface area (Å²) in [7, 11) is 2.16. The topological polar surface area (TPSA) is 106 Å². The molecule has 0 radical (unpaired) electrons. The third kappa shape index (κ3) is 4.42. The van der Waals surface area contributed by atoms with Crippen molar-refractivity contribution >= 4 is 16.9 Å². The van der Waals surface area contributed by atoms with Crippen LogP contribution in [0.5, 0.6) is 5.75 Å². The maximum atomic E-state index is 13.2. The fraction of sp³-hybridized carbons (Fsp3) is 0.217. The van der Waals surface area contributed by atoms with Crippen LogP contribution in [-0.2, 0) is 22.8 Å². The van der Waals surface area contributed by atoms with Gasteiger partial charge in [0.2, 0.25) is 0 Å². The largest absolute Gasteiger partial charge is 0.481 e. The molecule has 0 saturated carbocycles. The highest BCUT2D eigenvalue weighted by Crippen LogP contribution is 2.36. The fourth-order valence-corrected chi connectivity index (χ4v) is 3.55. The summed E-state index contributed by atoms with van der Waals surface area (Å²) in [6.07, 6.45) is -4.87. The van der Waals surface area contributed by atoms with Crippen molar-refractivity contribution in [2.45, 2.75) is 13.1 Å². The number of alkyl halides is 3. The van der Waals surface area contributed by atoms with E-state index in [4.69, 9.17) is 9.26 Å². The summed E-state index contributed by atoms with van der Waals surface area (Å²) >= 11 is 0. The minimum absolute atomic E-state index is 0.0194. The van der Waals surface area contributed by atoms with Crippen molar-refractivity contribution < 1.29 is 32.0 Å². The number of benzene rings is 2. The molecule has 0 aliphatic carbocycles. The quantitative estimate of drug-likeness (QED) is 0.397. The molecule has 2 aromatic heterocycles. The minimum atomic E-state index is -4.87. The molecule has 35 heavy (non-hydrogen) atoms. The second kappa shape index (κ2) is 8.78.